The summed E-state index contributed by atoms with van der Waals surface area (Å²) >= 11 is 1.68. The number of ether oxygens (including phenoxy) is 1. The van der Waals surface area contributed by atoms with Crippen LogP contribution >= 0.6 is 11.8 Å². The van der Waals surface area contributed by atoms with Crippen molar-refractivity contribution in [2.45, 2.75) is 31.2 Å². The second-order valence-electron chi connectivity index (χ2n) is 7.21. The van der Waals surface area contributed by atoms with Gasteiger partial charge in [-0.2, -0.15) is 0 Å². The molecule has 0 spiro atoms. The monoisotopic (exact) mass is 352 g/mol. The molecule has 1 aliphatic heterocycles. The molecule has 1 heterocycles. The van der Waals surface area contributed by atoms with Crippen LogP contribution in [-0.2, 0) is 0 Å². The number of benzene rings is 2. The SMILES string of the molecule is COc1cccc(-c2cccc(C3CC3C3(C)CCSC(N)=N3)c2)c1. The van der Waals surface area contributed by atoms with Gasteiger partial charge in [0.15, 0.2) is 5.17 Å². The molecule has 25 heavy (non-hydrogen) atoms. The summed E-state index contributed by atoms with van der Waals surface area (Å²) in [6, 6.07) is 17.2. The van der Waals surface area contributed by atoms with Gasteiger partial charge in [-0.05, 0) is 60.4 Å². The molecule has 2 aliphatic rings. The first kappa shape index (κ1) is 16.5. The summed E-state index contributed by atoms with van der Waals surface area (Å²) in [7, 11) is 1.71. The second kappa shape index (κ2) is 6.41. The third kappa shape index (κ3) is 3.28. The first-order valence-electron chi connectivity index (χ1n) is 8.81. The predicted molar refractivity (Wildman–Crippen MR) is 106 cm³/mol. The quantitative estimate of drug-likeness (QED) is 0.869. The summed E-state index contributed by atoms with van der Waals surface area (Å²) in [6.45, 7) is 2.27. The van der Waals surface area contributed by atoms with Crippen molar-refractivity contribution in [2.24, 2.45) is 16.6 Å². The molecular weight excluding hydrogens is 328 g/mol. The number of methoxy groups -OCH3 is 1. The van der Waals surface area contributed by atoms with Crippen LogP contribution < -0.4 is 10.5 Å². The maximum absolute atomic E-state index is 5.99. The van der Waals surface area contributed by atoms with E-state index in [1.54, 1.807) is 18.9 Å². The van der Waals surface area contributed by atoms with E-state index in [0.29, 0.717) is 11.8 Å². The Kier molecular flexibility index (Phi) is 4.24. The number of nitrogens with zero attached hydrogens (tertiary/aromatic N) is 1. The van der Waals surface area contributed by atoms with Crippen molar-refractivity contribution in [2.75, 3.05) is 12.9 Å². The standard InChI is InChI=1S/C21H24N2OS/c1-21(9-10-25-20(22)23-21)19-13-18(19)16-7-3-5-14(11-16)15-6-4-8-17(12-15)24-2/h3-8,11-12,18-19H,9-10,13H2,1-2H3,(H2,22,23). The first-order valence-corrected chi connectivity index (χ1v) is 9.80. The molecule has 0 aromatic heterocycles. The van der Waals surface area contributed by atoms with Gasteiger partial charge in [-0.3, -0.25) is 4.99 Å². The Morgan fingerprint density at radius 2 is 1.92 bits per heavy atom. The first-order chi connectivity index (χ1) is 12.1. The fraction of sp³-hybridized carbons (Fsp3) is 0.381. The maximum atomic E-state index is 5.99. The Morgan fingerprint density at radius 1 is 1.16 bits per heavy atom. The van der Waals surface area contributed by atoms with Crippen LogP contribution in [0.4, 0.5) is 0 Å². The zero-order valence-electron chi connectivity index (χ0n) is 14.7. The van der Waals surface area contributed by atoms with Crippen LogP contribution in [-0.4, -0.2) is 23.6 Å². The molecule has 130 valence electrons. The fourth-order valence-electron chi connectivity index (χ4n) is 3.97. The topological polar surface area (TPSA) is 47.6 Å². The highest BCUT2D eigenvalue weighted by Gasteiger charge is 2.51. The highest BCUT2D eigenvalue weighted by atomic mass is 32.2. The van der Waals surface area contributed by atoms with Gasteiger partial charge >= 0.3 is 0 Å². The molecule has 4 rings (SSSR count). The van der Waals surface area contributed by atoms with Crippen LogP contribution in [0.3, 0.4) is 0 Å². The minimum atomic E-state index is 0.00592. The smallest absolute Gasteiger partial charge is 0.154 e. The van der Waals surface area contributed by atoms with E-state index in [9.17, 15) is 0 Å². The molecule has 1 fully saturated rings. The Labute approximate surface area is 153 Å². The number of rotatable bonds is 4. The number of nitrogens with two attached hydrogens (primary N) is 1. The number of aliphatic imine (C=N–C) groups is 1. The molecule has 3 unspecified atom stereocenters. The van der Waals surface area contributed by atoms with E-state index < -0.39 is 0 Å². The molecule has 3 nitrogen and oxygen atoms in total. The zero-order valence-corrected chi connectivity index (χ0v) is 15.6. The molecule has 0 saturated heterocycles. The normalized spacial score (nSPS) is 28.3. The zero-order chi connectivity index (χ0) is 17.4. The summed E-state index contributed by atoms with van der Waals surface area (Å²) in [5.41, 5.74) is 9.85. The van der Waals surface area contributed by atoms with Gasteiger partial charge < -0.3 is 10.5 Å². The summed E-state index contributed by atoms with van der Waals surface area (Å²) in [5.74, 6) is 3.17. The van der Waals surface area contributed by atoms with Crippen LogP contribution in [0.5, 0.6) is 5.75 Å². The van der Waals surface area contributed by atoms with Crippen molar-refractivity contribution in [3.63, 3.8) is 0 Å². The van der Waals surface area contributed by atoms with Crippen LogP contribution in [0.15, 0.2) is 53.5 Å². The Bertz CT molecular complexity index is 819. The van der Waals surface area contributed by atoms with Crippen molar-refractivity contribution in [3.8, 4) is 16.9 Å². The van der Waals surface area contributed by atoms with E-state index in [2.05, 4.69) is 43.3 Å². The molecule has 1 aliphatic carbocycles. The van der Waals surface area contributed by atoms with E-state index in [4.69, 9.17) is 15.5 Å². The van der Waals surface area contributed by atoms with E-state index in [-0.39, 0.29) is 5.54 Å². The lowest BCUT2D eigenvalue weighted by atomic mass is 9.90. The largest absolute Gasteiger partial charge is 0.497 e. The van der Waals surface area contributed by atoms with Gasteiger partial charge in [-0.25, -0.2) is 0 Å². The van der Waals surface area contributed by atoms with Crippen LogP contribution in [0.2, 0.25) is 0 Å². The lowest BCUT2D eigenvalue weighted by Crippen LogP contribution is -2.33. The van der Waals surface area contributed by atoms with Crippen molar-refractivity contribution in [1.29, 1.82) is 0 Å². The van der Waals surface area contributed by atoms with Crippen LogP contribution in [0.25, 0.3) is 11.1 Å². The predicted octanol–water partition coefficient (Wildman–Crippen LogP) is 4.68. The highest BCUT2D eigenvalue weighted by molar-refractivity contribution is 8.13. The van der Waals surface area contributed by atoms with Gasteiger partial charge in [-0.15, -0.1) is 0 Å². The molecule has 0 radical (unpaired) electrons. The fourth-order valence-corrected chi connectivity index (χ4v) is 4.97. The third-order valence-electron chi connectivity index (χ3n) is 5.53. The molecule has 0 bridgehead atoms. The van der Waals surface area contributed by atoms with Crippen molar-refractivity contribution < 1.29 is 4.74 Å². The van der Waals surface area contributed by atoms with Crippen molar-refractivity contribution in [1.82, 2.24) is 0 Å². The van der Waals surface area contributed by atoms with E-state index in [1.807, 2.05) is 12.1 Å². The van der Waals surface area contributed by atoms with E-state index >= 15 is 0 Å². The molecule has 2 aromatic rings. The van der Waals surface area contributed by atoms with Gasteiger partial charge in [0.1, 0.15) is 5.75 Å². The molecule has 2 aromatic carbocycles. The van der Waals surface area contributed by atoms with Gasteiger partial charge in [0.05, 0.1) is 12.6 Å². The molecular formula is C21H24N2OS. The van der Waals surface area contributed by atoms with Gasteiger partial charge in [0.2, 0.25) is 0 Å². The Balaban J connectivity index is 1.58. The third-order valence-corrected chi connectivity index (χ3v) is 6.33. The highest BCUT2D eigenvalue weighted by Crippen LogP contribution is 2.57. The van der Waals surface area contributed by atoms with Crippen LogP contribution in [0.1, 0.15) is 31.2 Å². The van der Waals surface area contributed by atoms with Gasteiger partial charge in [0, 0.05) is 5.75 Å². The second-order valence-corrected chi connectivity index (χ2v) is 8.33. The van der Waals surface area contributed by atoms with Crippen molar-refractivity contribution >= 4 is 16.9 Å². The minimum absolute atomic E-state index is 0.00592. The Hall–Kier alpha value is -1.94. The molecule has 2 N–H and O–H groups in total. The summed E-state index contributed by atoms with van der Waals surface area (Å²) < 4.78 is 5.36. The summed E-state index contributed by atoms with van der Waals surface area (Å²) in [6.07, 6.45) is 2.33. The summed E-state index contributed by atoms with van der Waals surface area (Å²) in [5, 5.41) is 0.754. The molecule has 1 saturated carbocycles. The lowest BCUT2D eigenvalue weighted by molar-refractivity contribution is 0.392. The number of hydrogen-bond acceptors (Lipinski definition) is 4. The maximum Gasteiger partial charge on any atom is 0.154 e. The number of amidine groups is 1. The van der Waals surface area contributed by atoms with Crippen molar-refractivity contribution in [3.05, 3.63) is 54.1 Å². The lowest BCUT2D eigenvalue weighted by Gasteiger charge is -2.29. The van der Waals surface area contributed by atoms with Gasteiger partial charge in [-0.1, -0.05) is 48.2 Å². The molecule has 4 heteroatoms. The molecule has 3 atom stereocenters. The van der Waals surface area contributed by atoms with E-state index in [0.717, 1.165) is 23.1 Å². The number of thioether (sulfide) groups is 1. The average molecular weight is 353 g/mol. The summed E-state index contributed by atoms with van der Waals surface area (Å²) in [4.78, 5) is 4.80. The Morgan fingerprint density at radius 3 is 2.68 bits per heavy atom. The molecule has 0 amide bonds. The van der Waals surface area contributed by atoms with E-state index in [1.165, 1.54) is 23.1 Å². The van der Waals surface area contributed by atoms with Gasteiger partial charge in [0.25, 0.3) is 0 Å². The minimum Gasteiger partial charge on any atom is -0.497 e. The average Bonchev–Trinajstić information content (AvgIpc) is 3.43. The van der Waals surface area contributed by atoms with Crippen LogP contribution in [0, 0.1) is 5.92 Å². The number of hydrogen-bond donors (Lipinski definition) is 1.